The zero-order valence-corrected chi connectivity index (χ0v) is 13.0. The van der Waals surface area contributed by atoms with Crippen LogP contribution in [-0.4, -0.2) is 50.1 Å². The Labute approximate surface area is 137 Å². The zero-order chi connectivity index (χ0) is 17.6. The van der Waals surface area contributed by atoms with Crippen molar-refractivity contribution in [3.05, 3.63) is 48.0 Å². The SMILES string of the molecule is Cc1ccccc1C1(Cn2cncn2)OCCO1.O=C(O)C(=O)O. The molecular weight excluding hydrogens is 318 g/mol. The molecule has 1 saturated heterocycles. The molecule has 3 rings (SSSR count). The molecule has 0 aliphatic carbocycles. The standard InChI is InChI=1S/C13H15N3O2.C2H2O4/c1-11-4-2-3-5-12(11)13(17-6-7-18-13)8-16-10-14-9-15-16;3-1(4)2(5)6/h2-5,9-10H,6-8H2,1H3;(H,3,4)(H,5,6). The summed E-state index contributed by atoms with van der Waals surface area (Å²) >= 11 is 0. The Bertz CT molecular complexity index is 683. The van der Waals surface area contributed by atoms with E-state index in [0.717, 1.165) is 11.1 Å². The summed E-state index contributed by atoms with van der Waals surface area (Å²) in [7, 11) is 0. The number of hydrogen-bond acceptors (Lipinski definition) is 6. The molecule has 1 aromatic carbocycles. The largest absolute Gasteiger partial charge is 0.473 e. The van der Waals surface area contributed by atoms with E-state index in [2.05, 4.69) is 23.1 Å². The van der Waals surface area contributed by atoms with Crippen molar-refractivity contribution in [1.82, 2.24) is 14.8 Å². The van der Waals surface area contributed by atoms with Crippen LogP contribution >= 0.6 is 0 Å². The Hall–Kier alpha value is -2.78. The van der Waals surface area contributed by atoms with Crippen LogP contribution in [0.1, 0.15) is 11.1 Å². The first-order chi connectivity index (χ1) is 11.4. The summed E-state index contributed by atoms with van der Waals surface area (Å²) in [6.07, 6.45) is 3.19. The van der Waals surface area contributed by atoms with Crippen LogP contribution in [0.3, 0.4) is 0 Å². The van der Waals surface area contributed by atoms with Crippen molar-refractivity contribution in [3.8, 4) is 0 Å². The van der Waals surface area contributed by atoms with Crippen LogP contribution in [0.2, 0.25) is 0 Å². The third kappa shape index (κ3) is 4.15. The van der Waals surface area contributed by atoms with Gasteiger partial charge in [0.05, 0.1) is 13.2 Å². The van der Waals surface area contributed by atoms with Crippen LogP contribution in [0.5, 0.6) is 0 Å². The van der Waals surface area contributed by atoms with Crippen LogP contribution in [0.25, 0.3) is 0 Å². The molecule has 0 spiro atoms. The molecule has 2 N–H and O–H groups in total. The number of aromatic nitrogens is 3. The second kappa shape index (κ2) is 7.66. The van der Waals surface area contributed by atoms with Crippen LogP contribution in [0.4, 0.5) is 0 Å². The molecule has 0 amide bonds. The minimum Gasteiger partial charge on any atom is -0.473 e. The second-order valence-corrected chi connectivity index (χ2v) is 4.97. The average molecular weight is 335 g/mol. The lowest BCUT2D eigenvalue weighted by molar-refractivity contribution is -0.178. The van der Waals surface area contributed by atoms with Crippen molar-refractivity contribution in [3.63, 3.8) is 0 Å². The predicted octanol–water partition coefficient (Wildman–Crippen LogP) is 0.642. The molecule has 2 aromatic rings. The van der Waals surface area contributed by atoms with Gasteiger partial charge in [-0.25, -0.2) is 19.3 Å². The van der Waals surface area contributed by atoms with E-state index in [0.29, 0.717) is 19.8 Å². The summed E-state index contributed by atoms with van der Waals surface area (Å²) in [5.41, 5.74) is 2.21. The van der Waals surface area contributed by atoms with E-state index in [9.17, 15) is 0 Å². The number of ether oxygens (including phenoxy) is 2. The first-order valence-electron chi connectivity index (χ1n) is 7.07. The number of carbonyl (C=O) groups is 2. The maximum Gasteiger partial charge on any atom is 0.414 e. The van der Waals surface area contributed by atoms with Crippen molar-refractivity contribution in [2.45, 2.75) is 19.3 Å². The minimum atomic E-state index is -1.82. The highest BCUT2D eigenvalue weighted by Gasteiger charge is 2.40. The van der Waals surface area contributed by atoms with Gasteiger partial charge < -0.3 is 19.7 Å². The predicted molar refractivity (Wildman–Crippen MR) is 80.1 cm³/mol. The van der Waals surface area contributed by atoms with E-state index >= 15 is 0 Å². The quantitative estimate of drug-likeness (QED) is 0.783. The molecule has 2 heterocycles. The van der Waals surface area contributed by atoms with Gasteiger partial charge in [0.2, 0.25) is 5.79 Å². The number of benzene rings is 1. The van der Waals surface area contributed by atoms with E-state index in [-0.39, 0.29) is 0 Å². The summed E-state index contributed by atoms with van der Waals surface area (Å²) in [6.45, 7) is 3.77. The van der Waals surface area contributed by atoms with Crippen LogP contribution in [0.15, 0.2) is 36.9 Å². The van der Waals surface area contributed by atoms with Gasteiger partial charge >= 0.3 is 11.9 Å². The molecule has 0 bridgehead atoms. The summed E-state index contributed by atoms with van der Waals surface area (Å²) in [4.78, 5) is 22.2. The summed E-state index contributed by atoms with van der Waals surface area (Å²) in [5.74, 6) is -4.39. The fourth-order valence-corrected chi connectivity index (χ4v) is 2.31. The fraction of sp³-hybridized carbons (Fsp3) is 0.333. The van der Waals surface area contributed by atoms with Gasteiger partial charge in [-0.05, 0) is 12.5 Å². The van der Waals surface area contributed by atoms with Gasteiger partial charge in [-0.1, -0.05) is 24.3 Å². The number of aryl methyl sites for hydroxylation is 1. The van der Waals surface area contributed by atoms with E-state index in [1.54, 1.807) is 11.0 Å². The Morgan fingerprint density at radius 1 is 1.21 bits per heavy atom. The van der Waals surface area contributed by atoms with E-state index in [4.69, 9.17) is 29.3 Å². The Kier molecular flexibility index (Phi) is 5.61. The Balaban J connectivity index is 0.000000301. The lowest BCUT2D eigenvalue weighted by atomic mass is 10.00. The monoisotopic (exact) mass is 335 g/mol. The number of nitrogens with zero attached hydrogens (tertiary/aromatic N) is 3. The lowest BCUT2D eigenvalue weighted by Gasteiger charge is -2.28. The van der Waals surface area contributed by atoms with Gasteiger partial charge in [-0.3, -0.25) is 0 Å². The van der Waals surface area contributed by atoms with Gasteiger partial charge in [-0.2, -0.15) is 5.10 Å². The number of hydrogen-bond donors (Lipinski definition) is 2. The van der Waals surface area contributed by atoms with E-state index < -0.39 is 17.7 Å². The number of carboxylic acid groups (broad SMARTS) is 2. The van der Waals surface area contributed by atoms with E-state index in [1.165, 1.54) is 6.33 Å². The number of aliphatic carboxylic acids is 2. The average Bonchev–Trinajstić information content (AvgIpc) is 3.21. The summed E-state index contributed by atoms with van der Waals surface area (Å²) in [5, 5.41) is 18.9. The second-order valence-electron chi connectivity index (χ2n) is 4.97. The van der Waals surface area contributed by atoms with Gasteiger partial charge in [0.1, 0.15) is 19.2 Å². The molecule has 1 aliphatic rings. The smallest absolute Gasteiger partial charge is 0.414 e. The van der Waals surface area contributed by atoms with Crippen LogP contribution in [-0.2, 0) is 31.4 Å². The molecule has 9 heteroatoms. The van der Waals surface area contributed by atoms with Gasteiger partial charge in [0.25, 0.3) is 0 Å². The first-order valence-corrected chi connectivity index (χ1v) is 7.07. The third-order valence-corrected chi connectivity index (χ3v) is 3.33. The minimum absolute atomic E-state index is 0.512. The molecule has 1 aliphatic heterocycles. The molecule has 1 aromatic heterocycles. The van der Waals surface area contributed by atoms with E-state index in [1.807, 2.05) is 18.2 Å². The molecule has 0 radical (unpaired) electrons. The number of rotatable bonds is 3. The van der Waals surface area contributed by atoms with Crippen molar-refractivity contribution in [1.29, 1.82) is 0 Å². The highest BCUT2D eigenvalue weighted by atomic mass is 16.7. The Morgan fingerprint density at radius 2 is 1.83 bits per heavy atom. The Morgan fingerprint density at radius 3 is 2.33 bits per heavy atom. The highest BCUT2D eigenvalue weighted by Crippen LogP contribution is 2.34. The number of carboxylic acids is 2. The van der Waals surface area contributed by atoms with Crippen LogP contribution in [0, 0.1) is 6.92 Å². The van der Waals surface area contributed by atoms with Crippen molar-refractivity contribution in [2.24, 2.45) is 0 Å². The normalized spacial score (nSPS) is 15.4. The van der Waals surface area contributed by atoms with Gasteiger partial charge in [0.15, 0.2) is 0 Å². The molecular formula is C15H17N3O6. The van der Waals surface area contributed by atoms with Crippen molar-refractivity contribution < 1.29 is 29.3 Å². The third-order valence-electron chi connectivity index (χ3n) is 3.33. The maximum atomic E-state index is 9.10. The molecule has 0 saturated carbocycles. The molecule has 9 nitrogen and oxygen atoms in total. The van der Waals surface area contributed by atoms with Crippen molar-refractivity contribution >= 4 is 11.9 Å². The van der Waals surface area contributed by atoms with Gasteiger partial charge in [0, 0.05) is 5.56 Å². The first kappa shape index (κ1) is 17.6. The topological polar surface area (TPSA) is 124 Å². The summed E-state index contributed by atoms with van der Waals surface area (Å²) < 4.78 is 13.5. The fourth-order valence-electron chi connectivity index (χ4n) is 2.31. The zero-order valence-electron chi connectivity index (χ0n) is 13.0. The molecule has 24 heavy (non-hydrogen) atoms. The molecule has 0 atom stereocenters. The highest BCUT2D eigenvalue weighted by molar-refractivity contribution is 6.27. The van der Waals surface area contributed by atoms with Gasteiger partial charge in [-0.15, -0.1) is 0 Å². The molecule has 0 unspecified atom stereocenters. The maximum absolute atomic E-state index is 9.10. The lowest BCUT2D eigenvalue weighted by Crippen LogP contribution is -2.33. The molecule has 1 fully saturated rings. The van der Waals surface area contributed by atoms with Crippen LogP contribution < -0.4 is 0 Å². The van der Waals surface area contributed by atoms with Crippen molar-refractivity contribution in [2.75, 3.05) is 13.2 Å². The molecule has 128 valence electrons. The summed E-state index contributed by atoms with van der Waals surface area (Å²) in [6, 6.07) is 8.11.